The lowest BCUT2D eigenvalue weighted by Gasteiger charge is -2.20. The summed E-state index contributed by atoms with van der Waals surface area (Å²) < 4.78 is 24.3. The van der Waals surface area contributed by atoms with Gasteiger partial charge < -0.3 is 5.32 Å². The molecule has 0 bridgehead atoms. The fourth-order valence-electron chi connectivity index (χ4n) is 2.64. The molecule has 1 aromatic rings. The molecule has 0 aromatic heterocycles. The van der Waals surface area contributed by atoms with E-state index in [2.05, 4.69) is 11.4 Å². The van der Waals surface area contributed by atoms with Gasteiger partial charge in [0.15, 0.2) is 9.84 Å². The van der Waals surface area contributed by atoms with Crippen LogP contribution >= 0.6 is 0 Å². The third-order valence-corrected chi connectivity index (χ3v) is 5.69. The van der Waals surface area contributed by atoms with Crippen molar-refractivity contribution in [3.63, 3.8) is 0 Å². The number of allylic oxidation sites excluding steroid dienone is 1. The molecule has 1 aromatic carbocycles. The van der Waals surface area contributed by atoms with E-state index in [1.807, 2.05) is 6.92 Å². The SMILES string of the molecule is CC(NC(=O)CCS(=O)(=O)c1ccccc1)C1=CCCCC1. The van der Waals surface area contributed by atoms with Crippen molar-refractivity contribution < 1.29 is 13.2 Å². The van der Waals surface area contributed by atoms with Crippen LogP contribution in [0.5, 0.6) is 0 Å². The van der Waals surface area contributed by atoms with E-state index in [-0.39, 0.29) is 29.0 Å². The molecule has 0 radical (unpaired) electrons. The number of nitrogens with one attached hydrogen (secondary N) is 1. The van der Waals surface area contributed by atoms with Gasteiger partial charge in [0.25, 0.3) is 0 Å². The molecule has 1 N–H and O–H groups in total. The number of benzene rings is 1. The minimum Gasteiger partial charge on any atom is -0.350 e. The molecule has 0 saturated carbocycles. The average Bonchev–Trinajstić information content (AvgIpc) is 2.55. The number of rotatable bonds is 6. The Hall–Kier alpha value is -1.62. The van der Waals surface area contributed by atoms with E-state index < -0.39 is 9.84 Å². The summed E-state index contributed by atoms with van der Waals surface area (Å²) in [7, 11) is -3.39. The number of amides is 1. The van der Waals surface area contributed by atoms with Gasteiger partial charge in [0.05, 0.1) is 10.6 Å². The molecule has 1 atom stereocenters. The number of carbonyl (C=O) groups is 1. The van der Waals surface area contributed by atoms with Crippen molar-refractivity contribution in [2.45, 2.75) is 50.0 Å². The van der Waals surface area contributed by atoms with Crippen LogP contribution in [0.4, 0.5) is 0 Å². The maximum absolute atomic E-state index is 12.1. The first-order chi connectivity index (χ1) is 10.5. The Labute approximate surface area is 132 Å². The first-order valence-corrected chi connectivity index (χ1v) is 9.40. The Morgan fingerprint density at radius 3 is 2.59 bits per heavy atom. The number of hydrogen-bond donors (Lipinski definition) is 1. The van der Waals surface area contributed by atoms with Gasteiger partial charge in [-0.1, -0.05) is 29.8 Å². The fourth-order valence-corrected chi connectivity index (χ4v) is 3.90. The van der Waals surface area contributed by atoms with Crippen LogP contribution in [0.15, 0.2) is 46.9 Å². The van der Waals surface area contributed by atoms with Gasteiger partial charge in [0, 0.05) is 12.5 Å². The van der Waals surface area contributed by atoms with Crippen molar-refractivity contribution in [3.8, 4) is 0 Å². The predicted octanol–water partition coefficient (Wildman–Crippen LogP) is 2.86. The molecule has 0 aliphatic heterocycles. The second-order valence-corrected chi connectivity index (χ2v) is 7.81. The van der Waals surface area contributed by atoms with Gasteiger partial charge in [-0.15, -0.1) is 0 Å². The van der Waals surface area contributed by atoms with Crippen molar-refractivity contribution in [1.82, 2.24) is 5.32 Å². The summed E-state index contributed by atoms with van der Waals surface area (Å²) in [5.41, 5.74) is 1.26. The van der Waals surface area contributed by atoms with Crippen molar-refractivity contribution in [1.29, 1.82) is 0 Å². The zero-order chi connectivity index (χ0) is 16.0. The predicted molar refractivity (Wildman–Crippen MR) is 87.3 cm³/mol. The summed E-state index contributed by atoms with van der Waals surface area (Å²) in [6.45, 7) is 1.96. The second-order valence-electron chi connectivity index (χ2n) is 5.70. The lowest BCUT2D eigenvalue weighted by molar-refractivity contribution is -0.121. The Bertz CT molecular complexity index is 635. The van der Waals surface area contributed by atoms with E-state index in [9.17, 15) is 13.2 Å². The molecule has 1 amide bonds. The number of carbonyl (C=O) groups excluding carboxylic acids is 1. The molecule has 1 aliphatic carbocycles. The highest BCUT2D eigenvalue weighted by atomic mass is 32.2. The molecule has 5 heteroatoms. The van der Waals surface area contributed by atoms with Crippen molar-refractivity contribution in [3.05, 3.63) is 42.0 Å². The maximum atomic E-state index is 12.1. The molecular formula is C17H23NO3S. The Morgan fingerprint density at radius 1 is 1.23 bits per heavy atom. The normalized spacial score (nSPS) is 16.7. The largest absolute Gasteiger partial charge is 0.350 e. The molecule has 0 spiro atoms. The van der Waals surface area contributed by atoms with E-state index in [0.29, 0.717) is 0 Å². The summed E-state index contributed by atoms with van der Waals surface area (Å²) in [5.74, 6) is -0.368. The highest BCUT2D eigenvalue weighted by molar-refractivity contribution is 7.91. The van der Waals surface area contributed by atoms with Crippen LogP contribution in [-0.4, -0.2) is 26.1 Å². The van der Waals surface area contributed by atoms with Crippen LogP contribution in [0.3, 0.4) is 0 Å². The van der Waals surface area contributed by atoms with Crippen LogP contribution in [0.25, 0.3) is 0 Å². The molecule has 1 unspecified atom stereocenters. The van der Waals surface area contributed by atoms with Crippen LogP contribution in [-0.2, 0) is 14.6 Å². The second kappa shape index (κ2) is 7.58. The number of hydrogen-bond acceptors (Lipinski definition) is 3. The molecule has 0 saturated heterocycles. The zero-order valence-corrected chi connectivity index (χ0v) is 13.7. The Balaban J connectivity index is 1.86. The molecule has 0 fully saturated rings. The number of sulfone groups is 1. The minimum absolute atomic E-state index is 0.00511. The molecule has 2 rings (SSSR count). The van der Waals surface area contributed by atoms with E-state index in [4.69, 9.17) is 0 Å². The molecule has 120 valence electrons. The van der Waals surface area contributed by atoms with Gasteiger partial charge in [0.2, 0.25) is 5.91 Å². The molecule has 4 nitrogen and oxygen atoms in total. The summed E-state index contributed by atoms with van der Waals surface area (Å²) in [6, 6.07) is 8.25. The van der Waals surface area contributed by atoms with Crippen LogP contribution in [0.2, 0.25) is 0 Å². The fraction of sp³-hybridized carbons (Fsp3) is 0.471. The first-order valence-electron chi connectivity index (χ1n) is 7.75. The van der Waals surface area contributed by atoms with Gasteiger partial charge in [-0.3, -0.25) is 4.79 Å². The zero-order valence-electron chi connectivity index (χ0n) is 12.9. The summed E-state index contributed by atoms with van der Waals surface area (Å²) in [5, 5.41) is 2.90. The van der Waals surface area contributed by atoms with E-state index in [1.54, 1.807) is 30.3 Å². The third-order valence-electron chi connectivity index (χ3n) is 3.96. The smallest absolute Gasteiger partial charge is 0.221 e. The molecular weight excluding hydrogens is 298 g/mol. The van der Waals surface area contributed by atoms with Gasteiger partial charge in [-0.05, 0) is 44.7 Å². The lowest BCUT2D eigenvalue weighted by Crippen LogP contribution is -2.35. The van der Waals surface area contributed by atoms with Crippen molar-refractivity contribution in [2.24, 2.45) is 0 Å². The average molecular weight is 321 g/mol. The molecule has 0 heterocycles. The Morgan fingerprint density at radius 2 is 1.95 bits per heavy atom. The monoisotopic (exact) mass is 321 g/mol. The van der Waals surface area contributed by atoms with Gasteiger partial charge in [-0.25, -0.2) is 8.42 Å². The highest BCUT2D eigenvalue weighted by Crippen LogP contribution is 2.20. The van der Waals surface area contributed by atoms with E-state index >= 15 is 0 Å². The Kier molecular flexibility index (Phi) is 5.77. The van der Waals surface area contributed by atoms with Crippen molar-refractivity contribution >= 4 is 15.7 Å². The summed E-state index contributed by atoms with van der Waals surface area (Å²) in [4.78, 5) is 12.2. The van der Waals surface area contributed by atoms with Gasteiger partial charge in [-0.2, -0.15) is 0 Å². The third kappa shape index (κ3) is 4.70. The van der Waals surface area contributed by atoms with Crippen LogP contribution in [0, 0.1) is 0 Å². The maximum Gasteiger partial charge on any atom is 0.221 e. The van der Waals surface area contributed by atoms with Crippen LogP contribution in [0.1, 0.15) is 39.0 Å². The molecule has 1 aliphatic rings. The topological polar surface area (TPSA) is 63.2 Å². The summed E-state index contributed by atoms with van der Waals surface area (Å²) in [6.07, 6.45) is 6.64. The quantitative estimate of drug-likeness (QED) is 0.820. The first kappa shape index (κ1) is 16.7. The lowest BCUT2D eigenvalue weighted by atomic mass is 9.95. The summed E-state index contributed by atoms with van der Waals surface area (Å²) >= 11 is 0. The van der Waals surface area contributed by atoms with Crippen LogP contribution < -0.4 is 5.32 Å². The minimum atomic E-state index is -3.39. The van der Waals surface area contributed by atoms with Crippen molar-refractivity contribution in [2.75, 3.05) is 5.75 Å². The highest BCUT2D eigenvalue weighted by Gasteiger charge is 2.18. The molecule has 22 heavy (non-hydrogen) atoms. The van der Waals surface area contributed by atoms with Gasteiger partial charge >= 0.3 is 0 Å². The van der Waals surface area contributed by atoms with E-state index in [1.165, 1.54) is 12.0 Å². The van der Waals surface area contributed by atoms with Gasteiger partial charge in [0.1, 0.15) is 0 Å². The van der Waals surface area contributed by atoms with E-state index in [0.717, 1.165) is 19.3 Å². The standard InChI is InChI=1S/C17H23NO3S/c1-14(15-8-4-2-5-9-15)18-17(19)12-13-22(20,21)16-10-6-3-7-11-16/h3,6-8,10-11,14H,2,4-5,9,12-13H2,1H3,(H,18,19).